The average Bonchev–Trinajstić information content (AvgIpc) is 2.99. The summed E-state index contributed by atoms with van der Waals surface area (Å²) < 4.78 is 36.0. The highest BCUT2D eigenvalue weighted by atomic mass is 35.5. The topological polar surface area (TPSA) is 77.2 Å². The average molecular weight is 409 g/mol. The van der Waals surface area contributed by atoms with Crippen molar-refractivity contribution < 1.29 is 23.0 Å². The number of carbonyl (C=O) groups excluding carboxylic acids is 1. The Morgan fingerprint density at radius 2 is 2.18 bits per heavy atom. The molecular formula is C18H15ClF2N4O3. The van der Waals surface area contributed by atoms with Crippen molar-refractivity contribution in [1.82, 2.24) is 14.8 Å². The number of fused-ring (bicyclic) bond motifs is 1. The van der Waals surface area contributed by atoms with E-state index in [-0.39, 0.29) is 16.5 Å². The molecule has 2 aromatic heterocycles. The first kappa shape index (κ1) is 19.6. The van der Waals surface area contributed by atoms with Crippen LogP contribution in [0, 0.1) is 6.92 Å². The fourth-order valence-electron chi connectivity index (χ4n) is 2.62. The summed E-state index contributed by atoms with van der Waals surface area (Å²) in [5, 5.41) is 3.81. The van der Waals surface area contributed by atoms with Gasteiger partial charge in [-0.2, -0.15) is 13.9 Å². The van der Waals surface area contributed by atoms with Gasteiger partial charge >= 0.3 is 6.61 Å². The van der Waals surface area contributed by atoms with Crippen molar-refractivity contribution in [1.29, 1.82) is 0 Å². The van der Waals surface area contributed by atoms with Crippen LogP contribution in [0.3, 0.4) is 0 Å². The molecular weight excluding hydrogens is 394 g/mol. The number of alkyl halides is 2. The number of carbonyl (C=O) groups is 1. The minimum atomic E-state index is -3.04. The smallest absolute Gasteiger partial charge is 0.387 e. The van der Waals surface area contributed by atoms with Crippen LogP contribution in [-0.4, -0.2) is 35.2 Å². The van der Waals surface area contributed by atoms with Gasteiger partial charge in [-0.15, -0.1) is 0 Å². The van der Waals surface area contributed by atoms with Crippen molar-refractivity contribution >= 4 is 29.4 Å². The Labute approximate surface area is 163 Å². The molecule has 0 saturated carbocycles. The van der Waals surface area contributed by atoms with E-state index in [1.807, 2.05) is 6.07 Å². The molecule has 0 fully saturated rings. The normalized spacial score (nSPS) is 11.4. The number of aromatic nitrogens is 2. The van der Waals surface area contributed by atoms with E-state index in [0.29, 0.717) is 22.6 Å². The van der Waals surface area contributed by atoms with Gasteiger partial charge in [0.05, 0.1) is 24.0 Å². The number of hydrogen-bond acceptors (Lipinski definition) is 5. The second-order valence-corrected chi connectivity index (χ2v) is 5.99. The molecule has 0 aliphatic heterocycles. The lowest BCUT2D eigenvalue weighted by atomic mass is 10.2. The number of rotatable bonds is 6. The summed E-state index contributed by atoms with van der Waals surface area (Å²) in [4.78, 5) is 16.8. The molecule has 0 bridgehead atoms. The van der Waals surface area contributed by atoms with Gasteiger partial charge in [-0.3, -0.25) is 9.20 Å². The Morgan fingerprint density at radius 3 is 2.89 bits per heavy atom. The Hall–Kier alpha value is -3.20. The zero-order valence-corrected chi connectivity index (χ0v) is 15.6. The number of nitrogens with zero attached hydrogens (tertiary/aromatic N) is 3. The zero-order valence-electron chi connectivity index (χ0n) is 14.8. The number of amides is 1. The number of hydrazone groups is 1. The number of ether oxygens (including phenoxy) is 2. The van der Waals surface area contributed by atoms with Crippen LogP contribution >= 0.6 is 11.6 Å². The third-order valence-corrected chi connectivity index (χ3v) is 4.04. The van der Waals surface area contributed by atoms with Gasteiger partial charge < -0.3 is 9.47 Å². The summed E-state index contributed by atoms with van der Waals surface area (Å²) >= 11 is 5.97. The lowest BCUT2D eigenvalue weighted by Gasteiger charge is -2.12. The number of aryl methyl sites for hydroxylation is 1. The lowest BCUT2D eigenvalue weighted by molar-refractivity contribution is -0.0511. The molecule has 146 valence electrons. The maximum absolute atomic E-state index is 12.5. The quantitative estimate of drug-likeness (QED) is 0.498. The van der Waals surface area contributed by atoms with Crippen LogP contribution in [-0.2, 0) is 0 Å². The molecule has 1 aromatic carbocycles. The standard InChI is InChI=1S/C18H15ClF2N4O3/c1-10-15(25-6-4-3-5-14(25)23-10)17(26)24-22-9-11-7-12(19)16(28-18(20)21)13(8-11)27-2/h3-9,18H,1-2H3,(H,24,26)/b22-9-. The summed E-state index contributed by atoms with van der Waals surface area (Å²) in [6, 6.07) is 8.14. The molecule has 0 radical (unpaired) electrons. The number of hydrogen-bond donors (Lipinski definition) is 1. The summed E-state index contributed by atoms with van der Waals surface area (Å²) in [7, 11) is 1.29. The van der Waals surface area contributed by atoms with Gasteiger partial charge in [-0.1, -0.05) is 17.7 Å². The SMILES string of the molecule is COc1cc(/C=N\NC(=O)c2c(C)nc3ccccn23)cc(Cl)c1OC(F)F. The second kappa shape index (κ2) is 8.22. The number of methoxy groups -OCH3 is 1. The number of nitrogens with one attached hydrogen (secondary N) is 1. The van der Waals surface area contributed by atoms with Crippen molar-refractivity contribution in [2.24, 2.45) is 5.10 Å². The van der Waals surface area contributed by atoms with E-state index in [1.165, 1.54) is 25.5 Å². The van der Waals surface area contributed by atoms with Crippen LogP contribution < -0.4 is 14.9 Å². The second-order valence-electron chi connectivity index (χ2n) is 5.59. The minimum Gasteiger partial charge on any atom is -0.493 e. The van der Waals surface area contributed by atoms with Crippen LogP contribution in [0.1, 0.15) is 21.7 Å². The molecule has 0 aliphatic rings. The largest absolute Gasteiger partial charge is 0.493 e. The van der Waals surface area contributed by atoms with E-state index in [1.54, 1.807) is 29.7 Å². The van der Waals surface area contributed by atoms with E-state index in [0.717, 1.165) is 0 Å². The molecule has 0 atom stereocenters. The van der Waals surface area contributed by atoms with Crippen LogP contribution in [0.4, 0.5) is 8.78 Å². The third kappa shape index (κ3) is 4.04. The molecule has 0 saturated heterocycles. The Morgan fingerprint density at radius 1 is 1.39 bits per heavy atom. The molecule has 3 rings (SSSR count). The molecule has 1 N–H and O–H groups in total. The summed E-state index contributed by atoms with van der Waals surface area (Å²) in [5.41, 5.74) is 4.36. The van der Waals surface area contributed by atoms with Crippen molar-refractivity contribution in [2.75, 3.05) is 7.11 Å². The van der Waals surface area contributed by atoms with Crippen LogP contribution in [0.5, 0.6) is 11.5 Å². The Bertz CT molecular complexity index is 1050. The highest BCUT2D eigenvalue weighted by Crippen LogP contribution is 2.37. The van der Waals surface area contributed by atoms with Crippen LogP contribution in [0.2, 0.25) is 5.02 Å². The summed E-state index contributed by atoms with van der Waals surface area (Å²) in [6.07, 6.45) is 3.03. The third-order valence-electron chi connectivity index (χ3n) is 3.76. The van der Waals surface area contributed by atoms with Gasteiger partial charge in [0.15, 0.2) is 11.5 Å². The van der Waals surface area contributed by atoms with Crippen molar-refractivity contribution in [3.8, 4) is 11.5 Å². The molecule has 10 heteroatoms. The van der Waals surface area contributed by atoms with E-state index in [9.17, 15) is 13.6 Å². The van der Waals surface area contributed by atoms with Gasteiger partial charge in [-0.25, -0.2) is 10.4 Å². The molecule has 2 heterocycles. The van der Waals surface area contributed by atoms with Gasteiger partial charge in [0.2, 0.25) is 0 Å². The Balaban J connectivity index is 1.79. The highest BCUT2D eigenvalue weighted by molar-refractivity contribution is 6.32. The monoisotopic (exact) mass is 408 g/mol. The van der Waals surface area contributed by atoms with Gasteiger partial charge in [0, 0.05) is 6.20 Å². The number of pyridine rings is 1. The molecule has 0 spiro atoms. The maximum atomic E-state index is 12.5. The predicted octanol–water partition coefficient (Wildman–Crippen LogP) is 3.67. The van der Waals surface area contributed by atoms with Crippen molar-refractivity contribution in [3.05, 3.63) is 58.5 Å². The fraction of sp³-hybridized carbons (Fsp3) is 0.167. The molecule has 7 nitrogen and oxygen atoms in total. The number of halogens is 3. The van der Waals surface area contributed by atoms with Gasteiger partial charge in [0.25, 0.3) is 5.91 Å². The number of benzene rings is 1. The van der Waals surface area contributed by atoms with Crippen molar-refractivity contribution in [2.45, 2.75) is 13.5 Å². The molecule has 3 aromatic rings. The maximum Gasteiger partial charge on any atom is 0.387 e. The Kier molecular flexibility index (Phi) is 5.74. The van der Waals surface area contributed by atoms with Crippen LogP contribution in [0.15, 0.2) is 41.6 Å². The summed E-state index contributed by atoms with van der Waals surface area (Å²) in [5.74, 6) is -0.719. The van der Waals surface area contributed by atoms with E-state index < -0.39 is 12.5 Å². The van der Waals surface area contributed by atoms with Gasteiger partial charge in [0.1, 0.15) is 11.3 Å². The molecule has 1 amide bonds. The van der Waals surface area contributed by atoms with Crippen LogP contribution in [0.25, 0.3) is 5.65 Å². The van der Waals surface area contributed by atoms with Gasteiger partial charge in [-0.05, 0) is 36.8 Å². The van der Waals surface area contributed by atoms with E-state index >= 15 is 0 Å². The highest BCUT2D eigenvalue weighted by Gasteiger charge is 2.17. The first-order chi connectivity index (χ1) is 13.4. The summed E-state index contributed by atoms with van der Waals surface area (Å²) in [6.45, 7) is -1.32. The van der Waals surface area contributed by atoms with Crippen molar-refractivity contribution in [3.63, 3.8) is 0 Å². The first-order valence-corrected chi connectivity index (χ1v) is 8.38. The molecule has 0 aliphatic carbocycles. The minimum absolute atomic E-state index is 0.0122. The lowest BCUT2D eigenvalue weighted by Crippen LogP contribution is -2.20. The number of imidazole rings is 1. The fourth-order valence-corrected chi connectivity index (χ4v) is 2.89. The first-order valence-electron chi connectivity index (χ1n) is 8.00. The predicted molar refractivity (Wildman–Crippen MR) is 99.6 cm³/mol. The zero-order chi connectivity index (χ0) is 20.3. The van der Waals surface area contributed by atoms with E-state index in [2.05, 4.69) is 20.2 Å². The molecule has 0 unspecified atom stereocenters. The molecule has 28 heavy (non-hydrogen) atoms. The van der Waals surface area contributed by atoms with E-state index in [4.69, 9.17) is 16.3 Å².